The molecule has 0 saturated carbocycles. The van der Waals surface area contributed by atoms with Crippen molar-refractivity contribution in [1.29, 1.82) is 0 Å². The summed E-state index contributed by atoms with van der Waals surface area (Å²) in [5, 5.41) is 3.31. The van der Waals surface area contributed by atoms with Crippen LogP contribution >= 0.6 is 39.9 Å². The molecule has 5 nitrogen and oxygen atoms in total. The number of nitrogens with zero attached hydrogens (tertiary/aromatic N) is 2. The van der Waals surface area contributed by atoms with Crippen LogP contribution < -0.4 is 5.32 Å². The lowest BCUT2D eigenvalue weighted by molar-refractivity contribution is -0.128. The number of hydrogen-bond donors (Lipinski definition) is 1. The second-order valence-electron chi connectivity index (χ2n) is 5.48. The molecule has 27 heavy (non-hydrogen) atoms. The highest BCUT2D eigenvalue weighted by Crippen LogP contribution is 2.31. The quantitative estimate of drug-likeness (QED) is 0.318. The number of nitrogens with one attached hydrogen (secondary N) is 1. The minimum absolute atomic E-state index is 0.0103. The predicted molar refractivity (Wildman–Crippen MR) is 113 cm³/mol. The molecule has 1 aromatic carbocycles. The van der Waals surface area contributed by atoms with Crippen molar-refractivity contribution in [3.63, 3.8) is 0 Å². The molecule has 8 heteroatoms. The Bertz CT molecular complexity index is 958. The number of amides is 2. The molecule has 3 rings (SSSR count). The van der Waals surface area contributed by atoms with Gasteiger partial charge in [0.05, 0.1) is 0 Å². The van der Waals surface area contributed by atoms with Crippen LogP contribution in [0.3, 0.4) is 0 Å². The molecule has 136 valence electrons. The second-order valence-corrected chi connectivity index (χ2v) is 7.84. The van der Waals surface area contributed by atoms with Crippen LogP contribution in [0.25, 0.3) is 6.08 Å². The van der Waals surface area contributed by atoms with Gasteiger partial charge >= 0.3 is 0 Å². The van der Waals surface area contributed by atoms with E-state index in [1.165, 1.54) is 16.7 Å². The molecule has 0 radical (unpaired) electrons. The van der Waals surface area contributed by atoms with Crippen LogP contribution in [-0.2, 0) is 9.59 Å². The molecule has 0 aliphatic carbocycles. The van der Waals surface area contributed by atoms with Crippen molar-refractivity contribution in [1.82, 2.24) is 15.2 Å². The summed E-state index contributed by atoms with van der Waals surface area (Å²) in [5.41, 5.74) is 0.686. The first-order valence-corrected chi connectivity index (χ1v) is 9.89. The molecule has 2 amide bonds. The number of benzene rings is 1. The maximum atomic E-state index is 12.7. The van der Waals surface area contributed by atoms with Crippen LogP contribution in [-0.4, -0.2) is 33.4 Å². The number of thiocarbonyl (C=S) groups is 1. The second kappa shape index (κ2) is 8.60. The van der Waals surface area contributed by atoms with Crippen LogP contribution in [0, 0.1) is 0 Å². The summed E-state index contributed by atoms with van der Waals surface area (Å²) in [7, 11) is 0. The summed E-state index contributed by atoms with van der Waals surface area (Å²) >= 11 is 9.92. The molecule has 0 bridgehead atoms. The summed E-state index contributed by atoms with van der Waals surface area (Å²) in [5.74, 6) is -0.971. The summed E-state index contributed by atoms with van der Waals surface area (Å²) < 4.78 is 0.984. The van der Waals surface area contributed by atoms with Crippen molar-refractivity contribution >= 4 is 62.9 Å². The maximum Gasteiger partial charge on any atom is 0.265 e. The fourth-order valence-corrected chi connectivity index (χ4v) is 3.73. The topological polar surface area (TPSA) is 62.3 Å². The average molecular weight is 460 g/mol. The van der Waals surface area contributed by atoms with Gasteiger partial charge in [0.2, 0.25) is 0 Å². The average Bonchev–Trinajstić information content (AvgIpc) is 2.65. The van der Waals surface area contributed by atoms with E-state index in [1.807, 2.05) is 30.3 Å². The summed E-state index contributed by atoms with van der Waals surface area (Å²) in [6.45, 7) is 3.84. The van der Waals surface area contributed by atoms with Crippen molar-refractivity contribution in [3.8, 4) is 0 Å². The lowest BCUT2D eigenvalue weighted by atomic mass is 10.1. The molecule has 2 heterocycles. The van der Waals surface area contributed by atoms with E-state index in [-0.39, 0.29) is 17.2 Å². The lowest BCUT2D eigenvalue weighted by Crippen LogP contribution is -2.53. The minimum atomic E-state index is -0.520. The van der Waals surface area contributed by atoms with Gasteiger partial charge in [-0.3, -0.25) is 19.8 Å². The van der Waals surface area contributed by atoms with Crippen LogP contribution in [0.5, 0.6) is 0 Å². The van der Waals surface area contributed by atoms with Crippen LogP contribution in [0.15, 0.2) is 75.2 Å². The Morgan fingerprint density at radius 2 is 2.00 bits per heavy atom. The van der Waals surface area contributed by atoms with Gasteiger partial charge in [0, 0.05) is 27.7 Å². The number of carbonyl (C=O) groups is 2. The van der Waals surface area contributed by atoms with Crippen molar-refractivity contribution in [2.75, 3.05) is 6.54 Å². The van der Waals surface area contributed by atoms with Crippen molar-refractivity contribution < 1.29 is 9.59 Å². The van der Waals surface area contributed by atoms with E-state index >= 15 is 0 Å². The molecule has 1 fully saturated rings. The third-order valence-corrected chi connectivity index (χ3v) is 5.52. The number of aromatic nitrogens is 1. The Morgan fingerprint density at radius 3 is 2.70 bits per heavy atom. The molecular weight excluding hydrogens is 446 g/mol. The molecule has 1 aromatic heterocycles. The number of halogens is 1. The van der Waals surface area contributed by atoms with E-state index in [9.17, 15) is 9.59 Å². The van der Waals surface area contributed by atoms with Gasteiger partial charge in [0.1, 0.15) is 10.6 Å². The highest BCUT2D eigenvalue weighted by atomic mass is 79.9. The van der Waals surface area contributed by atoms with Gasteiger partial charge < -0.3 is 0 Å². The fourth-order valence-electron chi connectivity index (χ4n) is 2.36. The van der Waals surface area contributed by atoms with Gasteiger partial charge in [0.25, 0.3) is 11.8 Å². The summed E-state index contributed by atoms with van der Waals surface area (Å²) in [4.78, 5) is 31.7. The van der Waals surface area contributed by atoms with E-state index in [4.69, 9.17) is 12.2 Å². The summed E-state index contributed by atoms with van der Waals surface area (Å²) in [6, 6.07) is 11.4. The van der Waals surface area contributed by atoms with Gasteiger partial charge in [-0.2, -0.15) is 0 Å². The number of hydrogen-bond acceptors (Lipinski definition) is 5. The fraction of sp³-hybridized carbons (Fsp3) is 0.0526. The first-order chi connectivity index (χ1) is 13.0. The van der Waals surface area contributed by atoms with Gasteiger partial charge in [-0.15, -0.1) is 6.58 Å². The van der Waals surface area contributed by atoms with Crippen LogP contribution in [0.1, 0.15) is 5.56 Å². The van der Waals surface area contributed by atoms with Gasteiger partial charge in [0.15, 0.2) is 5.11 Å². The van der Waals surface area contributed by atoms with Gasteiger partial charge in [-0.05, 0) is 48.6 Å². The Labute approximate surface area is 174 Å². The Kier molecular flexibility index (Phi) is 6.20. The SMILES string of the molecule is C=CCN1C(=O)C(=Cc2cccnc2Sc2ccc(Br)cc2)C(=O)NC1=S. The third kappa shape index (κ3) is 4.52. The largest absolute Gasteiger partial charge is 0.298 e. The highest BCUT2D eigenvalue weighted by molar-refractivity contribution is 9.10. The zero-order valence-corrected chi connectivity index (χ0v) is 17.2. The minimum Gasteiger partial charge on any atom is -0.298 e. The summed E-state index contributed by atoms with van der Waals surface area (Å²) in [6.07, 6.45) is 4.77. The number of carbonyl (C=O) groups excluding carboxylic acids is 2. The van der Waals surface area contributed by atoms with E-state index in [1.54, 1.807) is 24.4 Å². The van der Waals surface area contributed by atoms with Crippen molar-refractivity contribution in [3.05, 3.63) is 70.9 Å². The Hall–Kier alpha value is -2.29. The molecule has 0 spiro atoms. The molecule has 2 aromatic rings. The lowest BCUT2D eigenvalue weighted by Gasteiger charge is -2.27. The molecule has 1 aliphatic heterocycles. The molecule has 0 atom stereocenters. The zero-order valence-electron chi connectivity index (χ0n) is 14.0. The zero-order chi connectivity index (χ0) is 19.4. The normalized spacial score (nSPS) is 15.8. The maximum absolute atomic E-state index is 12.7. The van der Waals surface area contributed by atoms with E-state index in [2.05, 4.69) is 32.8 Å². The van der Waals surface area contributed by atoms with E-state index < -0.39 is 11.8 Å². The first-order valence-electron chi connectivity index (χ1n) is 7.88. The van der Waals surface area contributed by atoms with Crippen LogP contribution in [0.2, 0.25) is 0 Å². The van der Waals surface area contributed by atoms with E-state index in [0.717, 1.165) is 9.37 Å². The van der Waals surface area contributed by atoms with Crippen molar-refractivity contribution in [2.24, 2.45) is 0 Å². The van der Waals surface area contributed by atoms with Crippen LogP contribution in [0.4, 0.5) is 0 Å². The Balaban J connectivity index is 1.95. The highest BCUT2D eigenvalue weighted by Gasteiger charge is 2.32. The number of pyridine rings is 1. The smallest absolute Gasteiger partial charge is 0.265 e. The molecule has 0 unspecified atom stereocenters. The predicted octanol–water partition coefficient (Wildman–Crippen LogP) is 3.81. The van der Waals surface area contributed by atoms with Gasteiger partial charge in [-0.1, -0.05) is 39.8 Å². The molecular formula is C19H14BrN3O2S2. The third-order valence-electron chi connectivity index (χ3n) is 3.63. The standard InChI is InChI=1S/C19H14BrN3O2S2/c1-2-10-23-18(25)15(16(24)22-19(23)26)11-12-4-3-9-21-17(12)27-14-7-5-13(20)6-8-14/h2-9,11H,1,10H2,(H,22,24,26). The van der Waals surface area contributed by atoms with Gasteiger partial charge in [-0.25, -0.2) is 4.98 Å². The Morgan fingerprint density at radius 1 is 1.26 bits per heavy atom. The molecule has 1 aliphatic rings. The number of rotatable bonds is 5. The first kappa shape index (κ1) is 19.5. The monoisotopic (exact) mass is 459 g/mol. The van der Waals surface area contributed by atoms with E-state index in [0.29, 0.717) is 10.6 Å². The molecule has 1 saturated heterocycles. The molecule has 1 N–H and O–H groups in total. The van der Waals surface area contributed by atoms with Crippen molar-refractivity contribution in [2.45, 2.75) is 9.92 Å².